The van der Waals surface area contributed by atoms with Gasteiger partial charge in [0.1, 0.15) is 0 Å². The smallest absolute Gasteiger partial charge is 0.245 e. The predicted molar refractivity (Wildman–Crippen MR) is 81.1 cm³/mol. The van der Waals surface area contributed by atoms with E-state index in [1.807, 2.05) is 6.08 Å². The summed E-state index contributed by atoms with van der Waals surface area (Å²) in [5.74, 6) is 0.0732. The number of hydrogen-bond acceptors (Lipinski definition) is 1. The van der Waals surface area contributed by atoms with Gasteiger partial charge in [-0.1, -0.05) is 49.2 Å². The molecule has 0 atom stereocenters. The molecule has 0 fully saturated rings. The molecule has 1 aromatic carbocycles. The first-order valence-corrected chi connectivity index (χ1v) is 7.12. The lowest BCUT2D eigenvalue weighted by Gasteiger charge is -2.05. The monoisotopic (exact) mass is 259 g/mol. The number of nitrogens with zero attached hydrogens (tertiary/aromatic N) is 1. The summed E-state index contributed by atoms with van der Waals surface area (Å²) in [5, 5.41) is 0. The predicted octanol–water partition coefficient (Wildman–Crippen LogP) is 3.82. The largest absolute Gasteiger partial charge is 0.345 e. The van der Waals surface area contributed by atoms with Gasteiger partial charge in [0, 0.05) is 14.1 Å². The second-order valence-electron chi connectivity index (χ2n) is 5.07. The lowest BCUT2D eigenvalue weighted by Crippen LogP contribution is -2.18. The maximum absolute atomic E-state index is 11.3. The van der Waals surface area contributed by atoms with E-state index < -0.39 is 0 Å². The van der Waals surface area contributed by atoms with Crippen molar-refractivity contribution in [1.82, 2.24) is 4.90 Å². The van der Waals surface area contributed by atoms with Gasteiger partial charge in [0.25, 0.3) is 0 Å². The van der Waals surface area contributed by atoms with Crippen LogP contribution in [0, 0.1) is 0 Å². The van der Waals surface area contributed by atoms with Gasteiger partial charge in [-0.3, -0.25) is 4.79 Å². The van der Waals surface area contributed by atoms with Gasteiger partial charge in [-0.2, -0.15) is 0 Å². The van der Waals surface area contributed by atoms with E-state index in [1.54, 1.807) is 25.1 Å². The summed E-state index contributed by atoms with van der Waals surface area (Å²) in [5.41, 5.74) is 1.43. The summed E-state index contributed by atoms with van der Waals surface area (Å²) < 4.78 is 0. The third-order valence-corrected chi connectivity index (χ3v) is 3.13. The van der Waals surface area contributed by atoms with E-state index in [2.05, 4.69) is 30.3 Å². The summed E-state index contributed by atoms with van der Waals surface area (Å²) in [6.07, 6.45) is 10.8. The van der Waals surface area contributed by atoms with Crippen LogP contribution >= 0.6 is 0 Å². The Morgan fingerprint density at radius 3 is 2.42 bits per heavy atom. The van der Waals surface area contributed by atoms with Crippen molar-refractivity contribution in [3.63, 3.8) is 0 Å². The van der Waals surface area contributed by atoms with Crippen molar-refractivity contribution < 1.29 is 4.79 Å². The fourth-order valence-corrected chi connectivity index (χ4v) is 1.92. The molecule has 0 aliphatic rings. The second kappa shape index (κ2) is 9.37. The van der Waals surface area contributed by atoms with Crippen LogP contribution in [0.1, 0.15) is 37.7 Å². The standard InChI is InChI=1S/C17H25NO/c1-18(2)17(19)15-11-6-4-3-5-8-12-16-13-9-7-10-14-16/h7,9-11,13-15H,3-6,8,12H2,1-2H3. The van der Waals surface area contributed by atoms with Crippen molar-refractivity contribution in [1.29, 1.82) is 0 Å². The van der Waals surface area contributed by atoms with Gasteiger partial charge in [0.15, 0.2) is 0 Å². The van der Waals surface area contributed by atoms with E-state index in [0.29, 0.717) is 0 Å². The Morgan fingerprint density at radius 2 is 1.74 bits per heavy atom. The number of amides is 1. The number of benzene rings is 1. The van der Waals surface area contributed by atoms with Gasteiger partial charge in [-0.15, -0.1) is 0 Å². The van der Waals surface area contributed by atoms with Crippen molar-refractivity contribution in [3.05, 3.63) is 48.0 Å². The van der Waals surface area contributed by atoms with Crippen LogP contribution in [-0.4, -0.2) is 24.9 Å². The van der Waals surface area contributed by atoms with Crippen LogP contribution in [0.2, 0.25) is 0 Å². The molecule has 0 aromatic heterocycles. The van der Waals surface area contributed by atoms with Crippen LogP contribution in [0.3, 0.4) is 0 Å². The highest BCUT2D eigenvalue weighted by molar-refractivity contribution is 5.86. The number of aryl methyl sites for hydroxylation is 1. The van der Waals surface area contributed by atoms with Crippen LogP contribution in [0.25, 0.3) is 0 Å². The quantitative estimate of drug-likeness (QED) is 0.513. The zero-order chi connectivity index (χ0) is 13.9. The first-order chi connectivity index (χ1) is 9.20. The Bertz CT molecular complexity index is 382. The number of likely N-dealkylation sites (N-methyl/N-ethyl adjacent to an activating group) is 1. The zero-order valence-electron chi connectivity index (χ0n) is 12.1. The molecule has 0 heterocycles. The minimum Gasteiger partial charge on any atom is -0.345 e. The molecule has 1 aromatic rings. The zero-order valence-corrected chi connectivity index (χ0v) is 12.1. The Balaban J connectivity index is 1.99. The van der Waals surface area contributed by atoms with Crippen LogP contribution in [0.5, 0.6) is 0 Å². The van der Waals surface area contributed by atoms with Crippen LogP contribution in [0.15, 0.2) is 42.5 Å². The van der Waals surface area contributed by atoms with Crippen LogP contribution < -0.4 is 0 Å². The third kappa shape index (κ3) is 7.45. The van der Waals surface area contributed by atoms with E-state index in [-0.39, 0.29) is 5.91 Å². The summed E-state index contributed by atoms with van der Waals surface area (Å²) in [6.45, 7) is 0. The third-order valence-electron chi connectivity index (χ3n) is 3.13. The number of allylic oxidation sites excluding steroid dienone is 1. The normalized spacial score (nSPS) is 10.8. The molecule has 0 saturated heterocycles. The number of rotatable bonds is 8. The van der Waals surface area contributed by atoms with Crippen molar-refractivity contribution in [3.8, 4) is 0 Å². The minimum atomic E-state index is 0.0732. The molecule has 0 aliphatic carbocycles. The molecule has 0 saturated carbocycles. The molecule has 2 nitrogen and oxygen atoms in total. The molecule has 0 bridgehead atoms. The summed E-state index contributed by atoms with van der Waals surface area (Å²) in [7, 11) is 3.55. The van der Waals surface area contributed by atoms with Gasteiger partial charge < -0.3 is 4.90 Å². The van der Waals surface area contributed by atoms with Gasteiger partial charge in [-0.25, -0.2) is 0 Å². The highest BCUT2D eigenvalue weighted by Gasteiger charge is 1.96. The molecule has 0 radical (unpaired) electrons. The second-order valence-corrected chi connectivity index (χ2v) is 5.07. The summed E-state index contributed by atoms with van der Waals surface area (Å²) in [4.78, 5) is 12.9. The Morgan fingerprint density at radius 1 is 1.05 bits per heavy atom. The molecule has 0 N–H and O–H groups in total. The maximum Gasteiger partial charge on any atom is 0.245 e. The van der Waals surface area contributed by atoms with Crippen LogP contribution in [0.4, 0.5) is 0 Å². The average Bonchev–Trinajstić information content (AvgIpc) is 2.42. The van der Waals surface area contributed by atoms with Gasteiger partial charge >= 0.3 is 0 Å². The van der Waals surface area contributed by atoms with E-state index >= 15 is 0 Å². The van der Waals surface area contributed by atoms with Gasteiger partial charge in [0.05, 0.1) is 0 Å². The van der Waals surface area contributed by atoms with Gasteiger partial charge in [0.2, 0.25) is 5.91 Å². The van der Waals surface area contributed by atoms with Gasteiger partial charge in [-0.05, 0) is 37.3 Å². The Hall–Kier alpha value is -1.57. The van der Waals surface area contributed by atoms with Crippen molar-refractivity contribution in [2.45, 2.75) is 38.5 Å². The Labute approximate surface area is 117 Å². The molecule has 104 valence electrons. The first-order valence-electron chi connectivity index (χ1n) is 7.12. The number of unbranched alkanes of at least 4 members (excludes halogenated alkanes) is 4. The molecule has 2 heteroatoms. The molecule has 0 unspecified atom stereocenters. The van der Waals surface area contributed by atoms with E-state index in [0.717, 1.165) is 6.42 Å². The molecular weight excluding hydrogens is 234 g/mol. The molecule has 0 aliphatic heterocycles. The lowest BCUT2D eigenvalue weighted by atomic mass is 10.1. The highest BCUT2D eigenvalue weighted by Crippen LogP contribution is 2.09. The molecule has 0 spiro atoms. The van der Waals surface area contributed by atoms with Crippen molar-refractivity contribution in [2.75, 3.05) is 14.1 Å². The van der Waals surface area contributed by atoms with Crippen LogP contribution in [-0.2, 0) is 11.2 Å². The molecular formula is C17H25NO. The fourth-order valence-electron chi connectivity index (χ4n) is 1.92. The molecule has 1 amide bonds. The lowest BCUT2D eigenvalue weighted by molar-refractivity contribution is -0.123. The molecule has 19 heavy (non-hydrogen) atoms. The SMILES string of the molecule is CN(C)C(=O)C=CCCCCCCc1ccccc1. The number of carbonyl (C=O) groups is 1. The molecule has 1 rings (SSSR count). The van der Waals surface area contributed by atoms with E-state index in [4.69, 9.17) is 0 Å². The first kappa shape index (κ1) is 15.5. The summed E-state index contributed by atoms with van der Waals surface area (Å²) >= 11 is 0. The minimum absolute atomic E-state index is 0.0732. The topological polar surface area (TPSA) is 20.3 Å². The van der Waals surface area contributed by atoms with Crippen molar-refractivity contribution >= 4 is 5.91 Å². The van der Waals surface area contributed by atoms with E-state index in [9.17, 15) is 4.79 Å². The van der Waals surface area contributed by atoms with E-state index in [1.165, 1.54) is 37.7 Å². The Kier molecular flexibility index (Phi) is 7.64. The fraction of sp³-hybridized carbons (Fsp3) is 0.471. The maximum atomic E-state index is 11.3. The summed E-state index contributed by atoms with van der Waals surface area (Å²) in [6, 6.07) is 10.6. The highest BCUT2D eigenvalue weighted by atomic mass is 16.2. The average molecular weight is 259 g/mol. The number of carbonyl (C=O) groups excluding carboxylic acids is 1. The van der Waals surface area contributed by atoms with Crippen molar-refractivity contribution in [2.24, 2.45) is 0 Å². The number of hydrogen-bond donors (Lipinski definition) is 0.